The predicted octanol–water partition coefficient (Wildman–Crippen LogP) is 2.42. The van der Waals surface area contributed by atoms with E-state index in [1.165, 1.54) is 32.1 Å². The number of likely N-dealkylation sites (tertiary alicyclic amines) is 1. The standard InChI is InChI=1S/C20H28N2O2/c23-19(24)8-12-22-10-6-15(7-11-22)14-21-18-13-20(18)9-5-16-3-1-2-4-17(16)20/h1-4,15,18,21H,5-14H2,(H,23,24). The van der Waals surface area contributed by atoms with Crippen molar-refractivity contribution >= 4 is 5.97 Å². The van der Waals surface area contributed by atoms with Crippen LogP contribution in [0.5, 0.6) is 0 Å². The van der Waals surface area contributed by atoms with Crippen molar-refractivity contribution in [3.05, 3.63) is 35.4 Å². The Morgan fingerprint density at radius 1 is 1.29 bits per heavy atom. The number of rotatable bonds is 6. The number of nitrogens with one attached hydrogen (secondary N) is 1. The number of carboxylic acids is 1. The first kappa shape index (κ1) is 16.1. The first-order chi connectivity index (χ1) is 11.7. The Kier molecular flexibility index (Phi) is 4.35. The van der Waals surface area contributed by atoms with E-state index < -0.39 is 5.97 Å². The third-order valence-electron chi connectivity index (χ3n) is 6.47. The zero-order chi connectivity index (χ0) is 16.6. The normalized spacial score (nSPS) is 29.8. The molecular weight excluding hydrogens is 300 g/mol. The predicted molar refractivity (Wildman–Crippen MR) is 94.3 cm³/mol. The molecule has 4 heteroatoms. The number of hydrogen-bond acceptors (Lipinski definition) is 3. The average molecular weight is 328 g/mol. The third-order valence-corrected chi connectivity index (χ3v) is 6.47. The van der Waals surface area contributed by atoms with E-state index in [2.05, 4.69) is 34.5 Å². The van der Waals surface area contributed by atoms with E-state index >= 15 is 0 Å². The molecular formula is C20H28N2O2. The van der Waals surface area contributed by atoms with Gasteiger partial charge < -0.3 is 15.3 Å². The van der Waals surface area contributed by atoms with Crippen LogP contribution in [-0.2, 0) is 16.6 Å². The number of fused-ring (bicyclic) bond motifs is 2. The molecule has 1 aromatic carbocycles. The largest absolute Gasteiger partial charge is 0.481 e. The molecule has 1 aromatic rings. The van der Waals surface area contributed by atoms with Crippen LogP contribution in [0.1, 0.15) is 43.2 Å². The molecule has 2 atom stereocenters. The van der Waals surface area contributed by atoms with E-state index in [0.717, 1.165) is 25.6 Å². The minimum atomic E-state index is -0.685. The van der Waals surface area contributed by atoms with E-state index in [9.17, 15) is 4.79 Å². The Bertz CT molecular complexity index is 609. The number of hydrogen-bond donors (Lipinski definition) is 2. The molecule has 4 nitrogen and oxygen atoms in total. The zero-order valence-corrected chi connectivity index (χ0v) is 14.3. The van der Waals surface area contributed by atoms with Gasteiger partial charge >= 0.3 is 5.97 Å². The van der Waals surface area contributed by atoms with Gasteiger partial charge in [-0.1, -0.05) is 24.3 Å². The molecule has 1 aliphatic heterocycles. The van der Waals surface area contributed by atoms with Crippen molar-refractivity contribution in [2.75, 3.05) is 26.2 Å². The monoisotopic (exact) mass is 328 g/mol. The SMILES string of the molecule is O=C(O)CCN1CCC(CNC2CC23CCc2ccccc23)CC1. The molecule has 1 saturated heterocycles. The molecule has 0 bridgehead atoms. The van der Waals surface area contributed by atoms with Gasteiger partial charge in [-0.05, 0) is 68.8 Å². The molecule has 2 unspecified atom stereocenters. The summed E-state index contributed by atoms with van der Waals surface area (Å²) in [5.74, 6) is 0.0649. The van der Waals surface area contributed by atoms with Gasteiger partial charge in [0.1, 0.15) is 0 Å². The summed E-state index contributed by atoms with van der Waals surface area (Å²) in [6.07, 6.45) is 6.54. The van der Waals surface area contributed by atoms with Crippen LogP contribution >= 0.6 is 0 Å². The van der Waals surface area contributed by atoms with Crippen molar-refractivity contribution in [3.8, 4) is 0 Å². The van der Waals surface area contributed by atoms with Crippen LogP contribution in [0.4, 0.5) is 0 Å². The number of carboxylic acid groups (broad SMARTS) is 1. The van der Waals surface area contributed by atoms with Gasteiger partial charge in [-0.3, -0.25) is 4.79 Å². The van der Waals surface area contributed by atoms with Crippen molar-refractivity contribution in [3.63, 3.8) is 0 Å². The highest BCUT2D eigenvalue weighted by atomic mass is 16.4. The fourth-order valence-electron chi connectivity index (χ4n) is 4.84. The van der Waals surface area contributed by atoms with Crippen LogP contribution in [0.25, 0.3) is 0 Å². The van der Waals surface area contributed by atoms with Gasteiger partial charge in [0.25, 0.3) is 0 Å². The van der Waals surface area contributed by atoms with Gasteiger partial charge in [0.2, 0.25) is 0 Å². The first-order valence-corrected chi connectivity index (χ1v) is 9.43. The second-order valence-corrected chi connectivity index (χ2v) is 7.91. The third kappa shape index (κ3) is 3.09. The Morgan fingerprint density at radius 3 is 2.88 bits per heavy atom. The highest BCUT2D eigenvalue weighted by Gasteiger charge is 2.57. The van der Waals surface area contributed by atoms with Crippen LogP contribution in [0.3, 0.4) is 0 Å². The van der Waals surface area contributed by atoms with Crippen molar-refractivity contribution in [1.29, 1.82) is 0 Å². The van der Waals surface area contributed by atoms with Crippen LogP contribution in [0.15, 0.2) is 24.3 Å². The minimum Gasteiger partial charge on any atom is -0.481 e. The minimum absolute atomic E-state index is 0.271. The average Bonchev–Trinajstić information content (AvgIpc) is 3.19. The molecule has 1 saturated carbocycles. The summed E-state index contributed by atoms with van der Waals surface area (Å²) in [5, 5.41) is 12.6. The van der Waals surface area contributed by atoms with Crippen molar-refractivity contribution in [2.45, 2.75) is 50.0 Å². The molecule has 0 radical (unpaired) electrons. The fraction of sp³-hybridized carbons (Fsp3) is 0.650. The molecule has 2 N–H and O–H groups in total. The lowest BCUT2D eigenvalue weighted by Gasteiger charge is -2.31. The summed E-state index contributed by atoms with van der Waals surface area (Å²) in [4.78, 5) is 13.0. The van der Waals surface area contributed by atoms with Crippen LogP contribution in [-0.4, -0.2) is 48.2 Å². The van der Waals surface area contributed by atoms with Gasteiger partial charge in [-0.2, -0.15) is 0 Å². The smallest absolute Gasteiger partial charge is 0.304 e. The lowest BCUT2D eigenvalue weighted by molar-refractivity contribution is -0.137. The summed E-state index contributed by atoms with van der Waals surface area (Å²) < 4.78 is 0. The molecule has 2 aliphatic carbocycles. The van der Waals surface area contributed by atoms with E-state index in [1.54, 1.807) is 11.1 Å². The molecule has 4 rings (SSSR count). The lowest BCUT2D eigenvalue weighted by atomic mass is 9.95. The molecule has 3 aliphatic rings. The lowest BCUT2D eigenvalue weighted by Crippen LogP contribution is -2.39. The molecule has 1 spiro atoms. The van der Waals surface area contributed by atoms with E-state index in [0.29, 0.717) is 18.0 Å². The molecule has 0 amide bonds. The van der Waals surface area contributed by atoms with Gasteiger partial charge in [0.05, 0.1) is 6.42 Å². The van der Waals surface area contributed by atoms with Crippen LogP contribution < -0.4 is 5.32 Å². The second-order valence-electron chi connectivity index (χ2n) is 7.91. The van der Waals surface area contributed by atoms with Crippen molar-refractivity contribution in [1.82, 2.24) is 10.2 Å². The fourth-order valence-corrected chi connectivity index (χ4v) is 4.84. The highest BCUT2D eigenvalue weighted by Crippen LogP contribution is 2.56. The summed E-state index contributed by atoms with van der Waals surface area (Å²) >= 11 is 0. The van der Waals surface area contributed by atoms with E-state index in [1.807, 2.05) is 0 Å². The maximum Gasteiger partial charge on any atom is 0.304 e. The van der Waals surface area contributed by atoms with E-state index in [4.69, 9.17) is 5.11 Å². The van der Waals surface area contributed by atoms with Gasteiger partial charge in [-0.25, -0.2) is 0 Å². The summed E-state index contributed by atoms with van der Waals surface area (Å²) in [5.41, 5.74) is 3.61. The number of carbonyl (C=O) groups is 1. The second kappa shape index (κ2) is 6.49. The van der Waals surface area contributed by atoms with E-state index in [-0.39, 0.29) is 6.42 Å². The Hall–Kier alpha value is -1.39. The van der Waals surface area contributed by atoms with Gasteiger partial charge in [0.15, 0.2) is 0 Å². The summed E-state index contributed by atoms with van der Waals surface area (Å²) in [6.45, 7) is 3.94. The molecule has 130 valence electrons. The van der Waals surface area contributed by atoms with Crippen LogP contribution in [0.2, 0.25) is 0 Å². The molecule has 1 heterocycles. The molecule has 24 heavy (non-hydrogen) atoms. The molecule has 0 aromatic heterocycles. The molecule has 2 fully saturated rings. The Labute approximate surface area is 144 Å². The highest BCUT2D eigenvalue weighted by molar-refractivity contribution is 5.66. The maximum atomic E-state index is 10.7. The van der Waals surface area contributed by atoms with Crippen LogP contribution in [0, 0.1) is 5.92 Å². The summed E-state index contributed by atoms with van der Waals surface area (Å²) in [6, 6.07) is 9.66. The van der Waals surface area contributed by atoms with Crippen molar-refractivity contribution < 1.29 is 9.90 Å². The Morgan fingerprint density at radius 2 is 2.08 bits per heavy atom. The number of aliphatic carboxylic acids is 1. The number of piperidine rings is 1. The van der Waals surface area contributed by atoms with Gasteiger partial charge in [-0.15, -0.1) is 0 Å². The quantitative estimate of drug-likeness (QED) is 0.842. The first-order valence-electron chi connectivity index (χ1n) is 9.43. The maximum absolute atomic E-state index is 10.7. The topological polar surface area (TPSA) is 52.6 Å². The van der Waals surface area contributed by atoms with Gasteiger partial charge in [0, 0.05) is 18.0 Å². The Balaban J connectivity index is 1.22. The number of nitrogens with zero attached hydrogens (tertiary/aromatic N) is 1. The number of benzene rings is 1. The zero-order valence-electron chi connectivity index (χ0n) is 14.3. The summed E-state index contributed by atoms with van der Waals surface area (Å²) in [7, 11) is 0. The van der Waals surface area contributed by atoms with Crippen molar-refractivity contribution in [2.24, 2.45) is 5.92 Å². The number of aryl methyl sites for hydroxylation is 1.